The number of carbonyl (C=O) groups excluding carboxylic acids is 4. The Balaban J connectivity index is 3.52. The third-order valence-corrected chi connectivity index (χ3v) is 7.59. The molecule has 0 aromatic heterocycles. The van der Waals surface area contributed by atoms with Crippen LogP contribution in [0.5, 0.6) is 0 Å². The number of unbranched alkanes of at least 4 members (excludes halogenated alkanes) is 10. The minimum absolute atomic E-state index is 0.128. The van der Waals surface area contributed by atoms with Crippen molar-refractivity contribution in [1.29, 1.82) is 0 Å². The summed E-state index contributed by atoms with van der Waals surface area (Å²) >= 11 is 0. The third kappa shape index (κ3) is 29.6. The number of esters is 4. The normalized spacial score (nSPS) is 11.9. The summed E-state index contributed by atoms with van der Waals surface area (Å²) in [4.78, 5) is 45.6. The first kappa shape index (κ1) is 41.5. The Labute approximate surface area is 267 Å². The van der Waals surface area contributed by atoms with E-state index >= 15 is 0 Å². The van der Waals surface area contributed by atoms with Gasteiger partial charge in [0.05, 0.1) is 28.2 Å². The highest BCUT2D eigenvalue weighted by molar-refractivity contribution is 5.69. The summed E-state index contributed by atoms with van der Waals surface area (Å²) in [7, 11) is 8.12. The van der Waals surface area contributed by atoms with Crippen molar-refractivity contribution in [3.05, 3.63) is 12.2 Å². The third-order valence-electron chi connectivity index (χ3n) is 7.59. The minimum atomic E-state index is -0.273. The van der Waals surface area contributed by atoms with E-state index in [1.54, 1.807) is 0 Å². The first-order valence-corrected chi connectivity index (χ1v) is 16.7. The van der Waals surface area contributed by atoms with Crippen molar-refractivity contribution in [3.8, 4) is 0 Å². The fourth-order valence-corrected chi connectivity index (χ4v) is 4.41. The predicted octanol–water partition coefficient (Wildman–Crippen LogP) is 5.37. The van der Waals surface area contributed by atoms with Gasteiger partial charge in [-0.2, -0.15) is 0 Å². The Morgan fingerprint density at radius 1 is 0.455 bits per heavy atom. The van der Waals surface area contributed by atoms with Crippen LogP contribution >= 0.6 is 0 Å². The molecule has 0 unspecified atom stereocenters. The predicted molar refractivity (Wildman–Crippen MR) is 173 cm³/mol. The maximum atomic E-state index is 12.0. The van der Waals surface area contributed by atoms with E-state index in [-0.39, 0.29) is 23.9 Å². The van der Waals surface area contributed by atoms with Crippen molar-refractivity contribution in [3.63, 3.8) is 0 Å². The lowest BCUT2D eigenvalue weighted by Gasteiger charge is -2.29. The molecule has 0 aromatic carbocycles. The van der Waals surface area contributed by atoms with E-state index < -0.39 is 0 Å². The van der Waals surface area contributed by atoms with Gasteiger partial charge in [0.2, 0.25) is 0 Å². The Morgan fingerprint density at radius 3 is 1.09 bits per heavy atom. The van der Waals surface area contributed by atoms with Crippen molar-refractivity contribution in [2.45, 2.75) is 104 Å². The maximum absolute atomic E-state index is 12.0. The van der Waals surface area contributed by atoms with Crippen LogP contribution in [0, 0.1) is 0 Å². The average molecular weight is 629 g/mol. The monoisotopic (exact) mass is 628 g/mol. The second kappa shape index (κ2) is 25.8. The fourth-order valence-electron chi connectivity index (χ4n) is 4.41. The van der Waals surface area contributed by atoms with Crippen LogP contribution in [0.3, 0.4) is 0 Å². The van der Waals surface area contributed by atoms with E-state index in [1.165, 1.54) is 39.5 Å². The van der Waals surface area contributed by atoms with Crippen LogP contribution in [0.2, 0.25) is 0 Å². The zero-order valence-electron chi connectivity index (χ0n) is 28.9. The highest BCUT2D eigenvalue weighted by Crippen LogP contribution is 2.11. The molecule has 256 valence electrons. The Morgan fingerprint density at radius 2 is 0.750 bits per heavy atom. The highest BCUT2D eigenvalue weighted by atomic mass is 16.5. The van der Waals surface area contributed by atoms with Gasteiger partial charge in [-0.1, -0.05) is 50.7 Å². The topological polar surface area (TPSA) is 105 Å². The molecule has 0 radical (unpaired) electrons. The van der Waals surface area contributed by atoms with E-state index in [0.29, 0.717) is 74.4 Å². The Hall–Kier alpha value is -2.46. The van der Waals surface area contributed by atoms with Gasteiger partial charge in [-0.25, -0.2) is 0 Å². The molecule has 0 aliphatic carbocycles. The second-order valence-electron chi connectivity index (χ2n) is 13.0. The number of ether oxygens (including phenoxy) is 4. The molecule has 0 aromatic rings. The van der Waals surface area contributed by atoms with Gasteiger partial charge in [0, 0.05) is 26.7 Å². The van der Waals surface area contributed by atoms with E-state index in [4.69, 9.17) is 18.9 Å². The van der Waals surface area contributed by atoms with Crippen molar-refractivity contribution < 1.29 is 47.1 Å². The molecular weight excluding hydrogens is 564 g/mol. The lowest BCUT2D eigenvalue weighted by atomic mass is 10.1. The number of hydrogen-bond donors (Lipinski definition) is 0. The van der Waals surface area contributed by atoms with Gasteiger partial charge in [0.1, 0.15) is 52.6 Å². The molecule has 0 atom stereocenters. The molecule has 0 fully saturated rings. The summed E-state index contributed by atoms with van der Waals surface area (Å²) < 4.78 is 22.0. The zero-order valence-corrected chi connectivity index (χ0v) is 28.9. The first-order chi connectivity index (χ1) is 20.8. The van der Waals surface area contributed by atoms with Crippen molar-refractivity contribution >= 4 is 23.9 Å². The largest absolute Gasteiger partial charge is 0.460 e. The molecule has 0 aliphatic rings. The van der Waals surface area contributed by atoms with Crippen LogP contribution in [0.4, 0.5) is 0 Å². The van der Waals surface area contributed by atoms with E-state index in [9.17, 15) is 19.2 Å². The summed E-state index contributed by atoms with van der Waals surface area (Å²) in [6.07, 6.45) is 18.6. The Kier molecular flexibility index (Phi) is 24.4. The maximum Gasteiger partial charge on any atom is 0.305 e. The molecule has 0 bridgehead atoms. The first-order valence-electron chi connectivity index (χ1n) is 16.7. The number of hydrogen-bond acceptors (Lipinski definition) is 8. The Bertz CT molecular complexity index is 760. The molecular formula is C34H64N2O8+2. The van der Waals surface area contributed by atoms with E-state index in [1.807, 2.05) is 28.2 Å². The van der Waals surface area contributed by atoms with Gasteiger partial charge in [-0.15, -0.1) is 0 Å². The molecule has 0 amide bonds. The number of nitrogens with zero attached hydrogens (tertiary/aromatic N) is 2. The molecule has 0 N–H and O–H groups in total. The standard InChI is InChI=1S/C34H64N2O8/c1-31(37)41-27-23-35(3,4)25-29-43-33(39)21-19-17-15-13-11-9-7-8-10-12-14-16-18-20-22-34(40)44-30-26-36(5,6)24-28-42-32(2)38/h7-8H,9-30H2,1-6H3/q+2/b8-7+. The molecule has 0 saturated carbocycles. The van der Waals surface area contributed by atoms with Crippen LogP contribution < -0.4 is 0 Å². The molecule has 44 heavy (non-hydrogen) atoms. The molecule has 10 nitrogen and oxygen atoms in total. The molecule has 0 rings (SSSR count). The number of carbonyl (C=O) groups is 4. The van der Waals surface area contributed by atoms with Gasteiger partial charge in [0.25, 0.3) is 0 Å². The van der Waals surface area contributed by atoms with E-state index in [0.717, 1.165) is 51.4 Å². The SMILES string of the molecule is CC(=O)OCC[N+](C)(C)CCOC(=O)CCCCCCC/C=C/CCCCCCCC(=O)OCC[N+](C)(C)CCOC(C)=O. The summed E-state index contributed by atoms with van der Waals surface area (Å²) in [6, 6.07) is 0. The van der Waals surface area contributed by atoms with Crippen LogP contribution in [0.25, 0.3) is 0 Å². The minimum Gasteiger partial charge on any atom is -0.460 e. The number of quaternary nitrogens is 2. The van der Waals surface area contributed by atoms with Crippen molar-refractivity contribution in [2.75, 3.05) is 80.8 Å². The van der Waals surface area contributed by atoms with Crippen LogP contribution in [-0.2, 0) is 38.1 Å². The van der Waals surface area contributed by atoms with Crippen molar-refractivity contribution in [1.82, 2.24) is 0 Å². The number of rotatable bonds is 28. The summed E-state index contributed by atoms with van der Waals surface area (Å²) in [5.74, 6) is -0.804. The van der Waals surface area contributed by atoms with Crippen LogP contribution in [-0.4, -0.2) is 114 Å². The lowest BCUT2D eigenvalue weighted by molar-refractivity contribution is -0.890. The van der Waals surface area contributed by atoms with Crippen LogP contribution in [0.15, 0.2) is 12.2 Å². The summed E-state index contributed by atoms with van der Waals surface area (Å²) in [5.41, 5.74) is 0. The highest BCUT2D eigenvalue weighted by Gasteiger charge is 2.17. The average Bonchev–Trinajstić information content (AvgIpc) is 2.91. The number of allylic oxidation sites excluding steroid dienone is 2. The molecule has 10 heteroatoms. The molecule has 0 saturated heterocycles. The van der Waals surface area contributed by atoms with Crippen molar-refractivity contribution in [2.24, 2.45) is 0 Å². The van der Waals surface area contributed by atoms with Gasteiger partial charge in [-0.05, 0) is 38.5 Å². The van der Waals surface area contributed by atoms with Gasteiger partial charge >= 0.3 is 23.9 Å². The quantitative estimate of drug-likeness (QED) is 0.0375. The molecule has 0 heterocycles. The second-order valence-corrected chi connectivity index (χ2v) is 13.0. The summed E-state index contributed by atoms with van der Waals surface area (Å²) in [6.45, 7) is 7.10. The molecule has 0 aliphatic heterocycles. The van der Waals surface area contributed by atoms with Gasteiger partial charge in [0.15, 0.2) is 0 Å². The zero-order chi connectivity index (χ0) is 33.1. The van der Waals surface area contributed by atoms with Crippen LogP contribution in [0.1, 0.15) is 104 Å². The summed E-state index contributed by atoms with van der Waals surface area (Å²) in [5, 5.41) is 0. The molecule has 0 spiro atoms. The lowest BCUT2D eigenvalue weighted by Crippen LogP contribution is -2.45. The van der Waals surface area contributed by atoms with Gasteiger partial charge < -0.3 is 27.9 Å². The van der Waals surface area contributed by atoms with Gasteiger partial charge in [-0.3, -0.25) is 19.2 Å². The smallest absolute Gasteiger partial charge is 0.305 e. The number of likely N-dealkylation sites (N-methyl/N-ethyl adjacent to an activating group) is 2. The van der Waals surface area contributed by atoms with E-state index in [2.05, 4.69) is 12.2 Å². The fraction of sp³-hybridized carbons (Fsp3) is 0.824.